The van der Waals surface area contributed by atoms with Gasteiger partial charge >= 0.3 is 0 Å². The Balaban J connectivity index is 2.49. The van der Waals surface area contributed by atoms with E-state index in [4.69, 9.17) is 0 Å². The normalized spacial score (nSPS) is 11.9. The van der Waals surface area contributed by atoms with Gasteiger partial charge in [0.25, 0.3) is 0 Å². The molecule has 0 saturated carbocycles. The molecule has 0 aliphatic carbocycles. The van der Waals surface area contributed by atoms with Crippen molar-refractivity contribution in [3.05, 3.63) is 57.5 Å². The first-order valence-electron chi connectivity index (χ1n) is 5.77. The second-order valence-corrected chi connectivity index (χ2v) is 6.23. The van der Waals surface area contributed by atoms with Crippen LogP contribution in [-0.2, 0) is 0 Å². The van der Waals surface area contributed by atoms with E-state index in [2.05, 4.69) is 80.4 Å². The Bertz CT molecular complexity index is 888. The fraction of sp³-hybridized carbons (Fsp3) is 0. The van der Waals surface area contributed by atoms with Gasteiger partial charge in [0, 0.05) is 8.95 Å². The fourth-order valence-corrected chi connectivity index (χ4v) is 3.79. The highest BCUT2D eigenvalue weighted by molar-refractivity contribution is 9.11. The molecule has 0 aliphatic rings. The summed E-state index contributed by atoms with van der Waals surface area (Å²) in [5.41, 5.74) is 0. The lowest BCUT2D eigenvalue weighted by atomic mass is 9.94. The molecular formula is C16H8Br2. The van der Waals surface area contributed by atoms with Crippen LogP contribution in [0.1, 0.15) is 0 Å². The zero-order valence-electron chi connectivity index (χ0n) is 9.37. The Morgan fingerprint density at radius 2 is 1.33 bits per heavy atom. The molecule has 0 aromatic heterocycles. The SMILES string of the molecule is Brc1ccc2c(Br)cc3cccc4ccc1c2c43. The van der Waals surface area contributed by atoms with Crippen LogP contribution in [-0.4, -0.2) is 0 Å². The molecule has 0 atom stereocenters. The quantitative estimate of drug-likeness (QED) is 0.332. The van der Waals surface area contributed by atoms with Crippen LogP contribution in [0.3, 0.4) is 0 Å². The Hall–Kier alpha value is -1.12. The van der Waals surface area contributed by atoms with Crippen molar-refractivity contribution in [2.75, 3.05) is 0 Å². The second-order valence-electron chi connectivity index (χ2n) is 4.52. The lowest BCUT2D eigenvalue weighted by molar-refractivity contribution is 1.72. The topological polar surface area (TPSA) is 0 Å². The molecule has 0 amide bonds. The van der Waals surface area contributed by atoms with Crippen LogP contribution in [0.25, 0.3) is 32.3 Å². The highest BCUT2D eigenvalue weighted by atomic mass is 79.9. The number of benzene rings is 4. The third-order valence-electron chi connectivity index (χ3n) is 3.54. The van der Waals surface area contributed by atoms with E-state index < -0.39 is 0 Å². The number of hydrogen-bond acceptors (Lipinski definition) is 0. The first-order chi connectivity index (χ1) is 8.75. The summed E-state index contributed by atoms with van der Waals surface area (Å²) in [6.45, 7) is 0. The van der Waals surface area contributed by atoms with Crippen LogP contribution in [0.2, 0.25) is 0 Å². The summed E-state index contributed by atoms with van der Waals surface area (Å²) < 4.78 is 2.31. The molecule has 2 heteroatoms. The van der Waals surface area contributed by atoms with Crippen molar-refractivity contribution >= 4 is 64.2 Å². The maximum Gasteiger partial charge on any atom is 0.0260 e. The Kier molecular flexibility index (Phi) is 2.21. The number of halogens is 2. The predicted octanol–water partition coefficient (Wildman–Crippen LogP) is 6.11. The van der Waals surface area contributed by atoms with Crippen LogP contribution in [0, 0.1) is 0 Å². The van der Waals surface area contributed by atoms with E-state index in [1.54, 1.807) is 0 Å². The molecule has 0 fully saturated rings. The molecule has 0 saturated heterocycles. The zero-order valence-corrected chi connectivity index (χ0v) is 12.5. The van der Waals surface area contributed by atoms with Crippen molar-refractivity contribution in [2.24, 2.45) is 0 Å². The smallest absolute Gasteiger partial charge is 0.0260 e. The third-order valence-corrected chi connectivity index (χ3v) is 4.89. The average Bonchev–Trinajstić information content (AvgIpc) is 2.38. The van der Waals surface area contributed by atoms with E-state index >= 15 is 0 Å². The minimum atomic E-state index is 1.15. The van der Waals surface area contributed by atoms with Gasteiger partial charge in [-0.1, -0.05) is 68.3 Å². The molecular weight excluding hydrogens is 352 g/mol. The van der Waals surface area contributed by atoms with Crippen molar-refractivity contribution in [2.45, 2.75) is 0 Å². The summed E-state index contributed by atoms with van der Waals surface area (Å²) in [4.78, 5) is 0. The maximum absolute atomic E-state index is 3.69. The van der Waals surface area contributed by atoms with E-state index in [1.807, 2.05) is 0 Å². The summed E-state index contributed by atoms with van der Waals surface area (Å²) in [6.07, 6.45) is 0. The van der Waals surface area contributed by atoms with Gasteiger partial charge < -0.3 is 0 Å². The lowest BCUT2D eigenvalue weighted by Gasteiger charge is -2.12. The van der Waals surface area contributed by atoms with Crippen LogP contribution in [0.15, 0.2) is 57.5 Å². The largest absolute Gasteiger partial charge is 0.0610 e. The van der Waals surface area contributed by atoms with Gasteiger partial charge in [0.1, 0.15) is 0 Å². The van der Waals surface area contributed by atoms with Crippen molar-refractivity contribution in [1.82, 2.24) is 0 Å². The molecule has 4 aromatic carbocycles. The van der Waals surface area contributed by atoms with Crippen molar-refractivity contribution in [1.29, 1.82) is 0 Å². The van der Waals surface area contributed by atoms with Gasteiger partial charge in [0.2, 0.25) is 0 Å². The monoisotopic (exact) mass is 358 g/mol. The first kappa shape index (κ1) is 10.8. The van der Waals surface area contributed by atoms with Crippen LogP contribution < -0.4 is 0 Å². The van der Waals surface area contributed by atoms with E-state index in [1.165, 1.54) is 32.3 Å². The molecule has 0 radical (unpaired) electrons. The van der Waals surface area contributed by atoms with E-state index in [-0.39, 0.29) is 0 Å². The molecule has 0 unspecified atom stereocenters. The zero-order chi connectivity index (χ0) is 12.3. The number of rotatable bonds is 0. The van der Waals surface area contributed by atoms with E-state index in [0.29, 0.717) is 0 Å². The highest BCUT2D eigenvalue weighted by Crippen LogP contribution is 2.40. The molecule has 4 aromatic rings. The van der Waals surface area contributed by atoms with Gasteiger partial charge in [0.05, 0.1) is 0 Å². The maximum atomic E-state index is 3.69. The minimum Gasteiger partial charge on any atom is -0.0610 e. The van der Waals surface area contributed by atoms with Gasteiger partial charge in [-0.2, -0.15) is 0 Å². The summed E-state index contributed by atoms with van der Waals surface area (Å²) in [5, 5.41) is 7.84. The summed E-state index contributed by atoms with van der Waals surface area (Å²) in [7, 11) is 0. The lowest BCUT2D eigenvalue weighted by Crippen LogP contribution is -1.85. The Morgan fingerprint density at radius 3 is 2.22 bits per heavy atom. The minimum absolute atomic E-state index is 1.15. The fourth-order valence-electron chi connectivity index (χ4n) is 2.75. The van der Waals surface area contributed by atoms with Crippen molar-refractivity contribution < 1.29 is 0 Å². The molecule has 0 bridgehead atoms. The molecule has 0 aliphatic heterocycles. The van der Waals surface area contributed by atoms with E-state index in [9.17, 15) is 0 Å². The average molecular weight is 360 g/mol. The molecule has 4 rings (SSSR count). The second kappa shape index (κ2) is 3.69. The van der Waals surface area contributed by atoms with Crippen molar-refractivity contribution in [3.63, 3.8) is 0 Å². The Morgan fingerprint density at radius 1 is 0.611 bits per heavy atom. The van der Waals surface area contributed by atoms with Crippen LogP contribution >= 0.6 is 31.9 Å². The Labute approximate surface area is 121 Å². The summed E-state index contributed by atoms with van der Waals surface area (Å²) in [5.74, 6) is 0. The highest BCUT2D eigenvalue weighted by Gasteiger charge is 2.11. The standard InChI is InChI=1S/C16H8Br2/c17-13-7-6-12-14(18)8-10-3-1-2-9-4-5-11(13)16(12)15(9)10/h1-8H. The van der Waals surface area contributed by atoms with Crippen LogP contribution in [0.4, 0.5) is 0 Å². The van der Waals surface area contributed by atoms with Crippen LogP contribution in [0.5, 0.6) is 0 Å². The molecule has 86 valence electrons. The van der Waals surface area contributed by atoms with Gasteiger partial charge in [-0.25, -0.2) is 0 Å². The molecule has 0 nitrogen and oxygen atoms in total. The van der Waals surface area contributed by atoms with Gasteiger partial charge in [0.15, 0.2) is 0 Å². The van der Waals surface area contributed by atoms with Gasteiger partial charge in [-0.05, 0) is 44.5 Å². The molecule has 0 heterocycles. The van der Waals surface area contributed by atoms with Gasteiger partial charge in [-0.3, -0.25) is 0 Å². The molecule has 18 heavy (non-hydrogen) atoms. The van der Waals surface area contributed by atoms with Crippen molar-refractivity contribution in [3.8, 4) is 0 Å². The summed E-state index contributed by atoms with van der Waals surface area (Å²) >= 11 is 7.34. The predicted molar refractivity (Wildman–Crippen MR) is 85.5 cm³/mol. The first-order valence-corrected chi connectivity index (χ1v) is 7.36. The number of hydrogen-bond donors (Lipinski definition) is 0. The molecule has 0 N–H and O–H groups in total. The summed E-state index contributed by atoms with van der Waals surface area (Å²) in [6, 6.07) is 17.3. The third kappa shape index (κ3) is 1.30. The van der Waals surface area contributed by atoms with E-state index in [0.717, 1.165) is 8.95 Å². The van der Waals surface area contributed by atoms with Gasteiger partial charge in [-0.15, -0.1) is 0 Å². The molecule has 0 spiro atoms.